The maximum Gasteiger partial charge on any atom is 0.234 e. The predicted octanol–water partition coefficient (Wildman–Crippen LogP) is 1.46. The van der Waals surface area contributed by atoms with E-state index < -0.39 is 0 Å². The van der Waals surface area contributed by atoms with Gasteiger partial charge < -0.3 is 14.8 Å². The molecule has 3 rings (SSSR count). The Morgan fingerprint density at radius 1 is 1.42 bits per heavy atom. The third-order valence-corrected chi connectivity index (χ3v) is 4.79. The number of hydrogen-bond donors (Lipinski definition) is 1. The molecule has 8 heteroatoms. The van der Waals surface area contributed by atoms with E-state index in [1.165, 1.54) is 0 Å². The molecule has 0 aromatic carbocycles. The van der Waals surface area contributed by atoms with Gasteiger partial charge in [-0.3, -0.25) is 14.7 Å². The Kier molecular flexibility index (Phi) is 7.07. The molecule has 0 radical (unpaired) electrons. The van der Waals surface area contributed by atoms with Crippen LogP contribution in [0.1, 0.15) is 17.8 Å². The number of aromatic nitrogens is 2. The molecule has 3 heterocycles. The van der Waals surface area contributed by atoms with Crippen LogP contribution >= 0.6 is 11.3 Å². The summed E-state index contributed by atoms with van der Waals surface area (Å²) in [6, 6.07) is 5.74. The summed E-state index contributed by atoms with van der Waals surface area (Å²) in [5.41, 5.74) is 3.63. The second-order valence-electron chi connectivity index (χ2n) is 6.36. The lowest BCUT2D eigenvalue weighted by Crippen LogP contribution is -2.51. The van der Waals surface area contributed by atoms with Gasteiger partial charge in [-0.15, -0.1) is 11.3 Å². The van der Waals surface area contributed by atoms with E-state index in [2.05, 4.69) is 15.3 Å². The number of likely N-dealkylation sites (N-methyl/N-ethyl adjacent to an activating group) is 1. The number of carbonyl (C=O) groups excluding carboxylic acids is 1. The first-order valence-corrected chi connectivity index (χ1v) is 9.59. The molecule has 0 saturated carbocycles. The highest BCUT2D eigenvalue weighted by atomic mass is 32.1. The maximum absolute atomic E-state index is 12.4. The van der Waals surface area contributed by atoms with Gasteiger partial charge in [-0.05, 0) is 25.6 Å². The van der Waals surface area contributed by atoms with Crippen LogP contribution in [-0.4, -0.2) is 59.7 Å². The second kappa shape index (κ2) is 9.72. The predicted molar refractivity (Wildman–Crippen MR) is 98.6 cm³/mol. The standard InChI is InChI=1S/C18H24N4O3S/c1-22(8-14-4-2-3-6-19-14)9-18(23)21-16-5-7-24-11-17(16)25-10-15-12-26-13-20-15/h2-4,6,12-13,16-17H,5,7-11H2,1H3,(H,21,23)/t16-,17-/m1/s1. The van der Waals surface area contributed by atoms with Gasteiger partial charge in [0.1, 0.15) is 6.10 Å². The number of rotatable bonds is 8. The minimum atomic E-state index is -0.157. The van der Waals surface area contributed by atoms with Crippen LogP contribution in [0.2, 0.25) is 0 Å². The molecule has 0 spiro atoms. The Hall–Kier alpha value is -1.87. The third kappa shape index (κ3) is 5.84. The van der Waals surface area contributed by atoms with Crippen LogP contribution in [0.15, 0.2) is 35.3 Å². The number of carbonyl (C=O) groups is 1. The molecule has 1 N–H and O–H groups in total. The van der Waals surface area contributed by atoms with Crippen LogP contribution in [0.5, 0.6) is 0 Å². The molecule has 1 amide bonds. The number of hydrogen-bond acceptors (Lipinski definition) is 7. The number of thiazole rings is 1. The first kappa shape index (κ1) is 18.9. The first-order valence-electron chi connectivity index (χ1n) is 8.65. The second-order valence-corrected chi connectivity index (χ2v) is 7.08. The maximum atomic E-state index is 12.4. The van der Waals surface area contributed by atoms with Crippen molar-refractivity contribution in [1.29, 1.82) is 0 Å². The van der Waals surface area contributed by atoms with Gasteiger partial charge in [0.15, 0.2) is 0 Å². The summed E-state index contributed by atoms with van der Waals surface area (Å²) < 4.78 is 11.4. The molecule has 2 atom stereocenters. The number of nitrogens with one attached hydrogen (secondary N) is 1. The van der Waals surface area contributed by atoms with E-state index in [1.807, 2.05) is 35.5 Å². The van der Waals surface area contributed by atoms with Gasteiger partial charge in [0.2, 0.25) is 5.91 Å². The smallest absolute Gasteiger partial charge is 0.234 e. The molecule has 1 aliphatic heterocycles. The molecule has 26 heavy (non-hydrogen) atoms. The van der Waals surface area contributed by atoms with Crippen molar-refractivity contribution in [2.45, 2.75) is 31.7 Å². The lowest BCUT2D eigenvalue weighted by atomic mass is 10.1. The molecule has 2 aromatic heterocycles. The lowest BCUT2D eigenvalue weighted by Gasteiger charge is -2.32. The van der Waals surface area contributed by atoms with Gasteiger partial charge in [-0.25, -0.2) is 4.98 Å². The van der Waals surface area contributed by atoms with E-state index in [-0.39, 0.29) is 18.1 Å². The van der Waals surface area contributed by atoms with Crippen molar-refractivity contribution in [2.75, 3.05) is 26.8 Å². The van der Waals surface area contributed by atoms with Crippen molar-refractivity contribution >= 4 is 17.2 Å². The van der Waals surface area contributed by atoms with Crippen molar-refractivity contribution < 1.29 is 14.3 Å². The van der Waals surface area contributed by atoms with E-state index in [0.29, 0.717) is 32.9 Å². The van der Waals surface area contributed by atoms with Crippen molar-refractivity contribution in [2.24, 2.45) is 0 Å². The summed E-state index contributed by atoms with van der Waals surface area (Å²) in [6.07, 6.45) is 2.35. The molecular formula is C18H24N4O3S. The zero-order valence-corrected chi connectivity index (χ0v) is 15.7. The average molecular weight is 376 g/mol. The summed E-state index contributed by atoms with van der Waals surface area (Å²) >= 11 is 1.54. The minimum Gasteiger partial charge on any atom is -0.379 e. The van der Waals surface area contributed by atoms with Gasteiger partial charge in [0.25, 0.3) is 0 Å². The molecule has 140 valence electrons. The Morgan fingerprint density at radius 2 is 2.35 bits per heavy atom. The summed E-state index contributed by atoms with van der Waals surface area (Å²) in [4.78, 5) is 22.9. The summed E-state index contributed by atoms with van der Waals surface area (Å²) in [7, 11) is 1.91. The van der Waals surface area contributed by atoms with Crippen LogP contribution in [-0.2, 0) is 27.4 Å². The highest BCUT2D eigenvalue weighted by Gasteiger charge is 2.28. The quantitative estimate of drug-likeness (QED) is 0.752. The van der Waals surface area contributed by atoms with Crippen LogP contribution in [0, 0.1) is 0 Å². The van der Waals surface area contributed by atoms with Crippen LogP contribution in [0.4, 0.5) is 0 Å². The molecule has 0 aliphatic carbocycles. The summed E-state index contributed by atoms with van der Waals surface area (Å²) in [6.45, 7) is 2.49. The highest BCUT2D eigenvalue weighted by Crippen LogP contribution is 2.14. The fourth-order valence-corrected chi connectivity index (χ4v) is 3.41. The molecule has 0 bridgehead atoms. The van der Waals surface area contributed by atoms with Crippen molar-refractivity contribution in [3.8, 4) is 0 Å². The van der Waals surface area contributed by atoms with E-state index in [4.69, 9.17) is 9.47 Å². The number of amides is 1. The van der Waals surface area contributed by atoms with E-state index >= 15 is 0 Å². The summed E-state index contributed by atoms with van der Waals surface area (Å²) in [5.74, 6) is -0.0161. The van der Waals surface area contributed by atoms with E-state index in [9.17, 15) is 4.79 Å². The number of nitrogens with zero attached hydrogens (tertiary/aromatic N) is 3. The normalized spacial score (nSPS) is 20.2. The zero-order chi connectivity index (χ0) is 18.2. The number of pyridine rings is 1. The number of ether oxygens (including phenoxy) is 2. The molecule has 0 unspecified atom stereocenters. The van der Waals surface area contributed by atoms with Gasteiger partial charge in [0.05, 0.1) is 42.7 Å². The largest absolute Gasteiger partial charge is 0.379 e. The lowest BCUT2D eigenvalue weighted by molar-refractivity contribution is -0.127. The SMILES string of the molecule is CN(CC(=O)N[C@@H]1CCOC[C@H]1OCc1cscn1)Cc1ccccn1. The highest BCUT2D eigenvalue weighted by molar-refractivity contribution is 7.07. The minimum absolute atomic E-state index is 0.0161. The fraction of sp³-hybridized carbons (Fsp3) is 0.500. The van der Waals surface area contributed by atoms with Crippen LogP contribution in [0.3, 0.4) is 0 Å². The molecule has 2 aromatic rings. The van der Waals surface area contributed by atoms with Crippen molar-refractivity contribution in [1.82, 2.24) is 20.2 Å². The molecule has 1 saturated heterocycles. The average Bonchev–Trinajstić information content (AvgIpc) is 3.15. The Morgan fingerprint density at radius 3 is 3.12 bits per heavy atom. The summed E-state index contributed by atoms with van der Waals surface area (Å²) in [5, 5.41) is 5.05. The molecular weight excluding hydrogens is 352 g/mol. The van der Waals surface area contributed by atoms with Crippen LogP contribution < -0.4 is 5.32 Å². The van der Waals surface area contributed by atoms with Gasteiger partial charge >= 0.3 is 0 Å². The van der Waals surface area contributed by atoms with Gasteiger partial charge in [-0.2, -0.15) is 0 Å². The zero-order valence-electron chi connectivity index (χ0n) is 14.8. The van der Waals surface area contributed by atoms with Gasteiger partial charge in [0, 0.05) is 24.7 Å². The first-order chi connectivity index (χ1) is 12.7. The fourth-order valence-electron chi connectivity index (χ4n) is 2.86. The van der Waals surface area contributed by atoms with Crippen LogP contribution in [0.25, 0.3) is 0 Å². The molecule has 1 fully saturated rings. The van der Waals surface area contributed by atoms with E-state index in [0.717, 1.165) is 17.8 Å². The topological polar surface area (TPSA) is 76.6 Å². The third-order valence-electron chi connectivity index (χ3n) is 4.15. The van der Waals surface area contributed by atoms with Gasteiger partial charge in [-0.1, -0.05) is 6.07 Å². The van der Waals surface area contributed by atoms with Crippen molar-refractivity contribution in [3.05, 3.63) is 46.7 Å². The molecule has 7 nitrogen and oxygen atoms in total. The molecule has 1 aliphatic rings. The Balaban J connectivity index is 1.46. The van der Waals surface area contributed by atoms with Crippen molar-refractivity contribution in [3.63, 3.8) is 0 Å². The monoisotopic (exact) mass is 376 g/mol. The Labute approximate surface area is 157 Å². The Bertz CT molecular complexity index is 668. The van der Waals surface area contributed by atoms with E-state index in [1.54, 1.807) is 23.0 Å².